The number of hydrogen-bond donors (Lipinski definition) is 1. The number of aliphatic hydroxyl groups is 1. The van der Waals surface area contributed by atoms with Gasteiger partial charge < -0.3 is 5.11 Å². The summed E-state index contributed by atoms with van der Waals surface area (Å²) in [5.41, 5.74) is 1.34. The third-order valence-corrected chi connectivity index (χ3v) is 3.54. The highest BCUT2D eigenvalue weighted by atomic mass is 19.3. The zero-order valence-electron chi connectivity index (χ0n) is 13.0. The SMILES string of the molecule is CC(C)(O)c1ccc(-c2ccc3nnc(C(C)(F)F)n3n2)cc1. The van der Waals surface area contributed by atoms with Crippen molar-refractivity contribution in [3.8, 4) is 11.3 Å². The van der Waals surface area contributed by atoms with Crippen LogP contribution in [-0.4, -0.2) is 24.9 Å². The number of fused-ring (bicyclic) bond motifs is 1. The van der Waals surface area contributed by atoms with Crippen LogP contribution in [-0.2, 0) is 11.5 Å². The van der Waals surface area contributed by atoms with Crippen LogP contribution in [0.1, 0.15) is 32.2 Å². The van der Waals surface area contributed by atoms with Crippen LogP contribution in [0.5, 0.6) is 0 Å². The van der Waals surface area contributed by atoms with Crippen LogP contribution in [0.3, 0.4) is 0 Å². The Balaban J connectivity index is 2.07. The van der Waals surface area contributed by atoms with Gasteiger partial charge in [-0.2, -0.15) is 18.4 Å². The molecule has 0 fully saturated rings. The van der Waals surface area contributed by atoms with E-state index in [2.05, 4.69) is 15.3 Å². The Hall–Kier alpha value is -2.41. The third kappa shape index (κ3) is 2.92. The summed E-state index contributed by atoms with van der Waals surface area (Å²) < 4.78 is 28.1. The molecule has 0 bridgehead atoms. The van der Waals surface area contributed by atoms with Crippen molar-refractivity contribution in [3.05, 3.63) is 47.8 Å². The van der Waals surface area contributed by atoms with Crippen molar-refractivity contribution in [2.75, 3.05) is 0 Å². The number of hydrogen-bond acceptors (Lipinski definition) is 4. The van der Waals surface area contributed by atoms with Crippen LogP contribution in [0, 0.1) is 0 Å². The molecule has 0 radical (unpaired) electrons. The van der Waals surface area contributed by atoms with Crippen molar-refractivity contribution in [1.29, 1.82) is 0 Å². The van der Waals surface area contributed by atoms with Gasteiger partial charge in [0.05, 0.1) is 11.3 Å². The Morgan fingerprint density at radius 3 is 2.17 bits per heavy atom. The predicted octanol–water partition coefficient (Wildman–Crippen LogP) is 3.13. The van der Waals surface area contributed by atoms with Crippen LogP contribution in [0.2, 0.25) is 0 Å². The summed E-state index contributed by atoms with van der Waals surface area (Å²) in [7, 11) is 0. The van der Waals surface area contributed by atoms with E-state index in [1.54, 1.807) is 50.2 Å². The number of halogens is 2. The second-order valence-electron chi connectivity index (χ2n) is 6.04. The molecule has 0 atom stereocenters. The summed E-state index contributed by atoms with van der Waals surface area (Å²) in [6.07, 6.45) is 0. The Kier molecular flexibility index (Phi) is 3.40. The van der Waals surface area contributed by atoms with Gasteiger partial charge in [-0.1, -0.05) is 24.3 Å². The molecule has 1 N–H and O–H groups in total. The summed E-state index contributed by atoms with van der Waals surface area (Å²) in [5.74, 6) is -3.63. The van der Waals surface area contributed by atoms with E-state index in [9.17, 15) is 13.9 Å². The molecule has 0 spiro atoms. The molecular formula is C16H16F2N4O. The minimum atomic E-state index is -3.13. The van der Waals surface area contributed by atoms with E-state index in [1.807, 2.05) is 0 Å². The van der Waals surface area contributed by atoms with E-state index in [0.29, 0.717) is 5.69 Å². The van der Waals surface area contributed by atoms with E-state index in [0.717, 1.165) is 22.6 Å². The normalized spacial score (nSPS) is 12.8. The Bertz CT molecular complexity index is 845. The Labute approximate surface area is 131 Å². The lowest BCUT2D eigenvalue weighted by Crippen LogP contribution is -2.15. The quantitative estimate of drug-likeness (QED) is 0.806. The molecule has 5 nitrogen and oxygen atoms in total. The largest absolute Gasteiger partial charge is 0.386 e. The number of nitrogens with zero attached hydrogens (tertiary/aromatic N) is 4. The summed E-state index contributed by atoms with van der Waals surface area (Å²) in [6.45, 7) is 4.15. The molecule has 23 heavy (non-hydrogen) atoms. The van der Waals surface area contributed by atoms with E-state index in [4.69, 9.17) is 0 Å². The zero-order chi connectivity index (χ0) is 16.8. The van der Waals surface area contributed by atoms with Crippen LogP contribution >= 0.6 is 0 Å². The topological polar surface area (TPSA) is 63.3 Å². The molecule has 0 aliphatic heterocycles. The van der Waals surface area contributed by atoms with Gasteiger partial charge in [0, 0.05) is 12.5 Å². The van der Waals surface area contributed by atoms with Crippen molar-refractivity contribution in [3.63, 3.8) is 0 Å². The van der Waals surface area contributed by atoms with E-state index in [1.165, 1.54) is 0 Å². The molecule has 2 heterocycles. The molecule has 0 saturated heterocycles. The molecule has 1 aromatic carbocycles. The fourth-order valence-corrected chi connectivity index (χ4v) is 2.27. The number of aromatic nitrogens is 4. The van der Waals surface area contributed by atoms with Gasteiger partial charge in [-0.05, 0) is 31.5 Å². The molecule has 3 rings (SSSR count). The number of rotatable bonds is 3. The van der Waals surface area contributed by atoms with Gasteiger partial charge >= 0.3 is 5.92 Å². The Morgan fingerprint density at radius 2 is 1.61 bits per heavy atom. The molecule has 0 saturated carbocycles. The standard InChI is InChI=1S/C16H16F2N4O/c1-15(2,23)11-6-4-10(5-7-11)12-8-9-13-19-20-14(16(3,17)18)22(13)21-12/h4-9,23H,1-3H3. The highest BCUT2D eigenvalue weighted by Crippen LogP contribution is 2.27. The first-order chi connectivity index (χ1) is 10.7. The zero-order valence-corrected chi connectivity index (χ0v) is 13.0. The summed E-state index contributed by atoms with van der Waals surface area (Å²) in [4.78, 5) is 0. The third-order valence-electron chi connectivity index (χ3n) is 3.54. The summed E-state index contributed by atoms with van der Waals surface area (Å²) in [5, 5.41) is 21.4. The van der Waals surface area contributed by atoms with Crippen LogP contribution < -0.4 is 0 Å². The lowest BCUT2D eigenvalue weighted by atomic mass is 9.97. The van der Waals surface area contributed by atoms with Gasteiger partial charge in [0.25, 0.3) is 0 Å². The first-order valence-corrected chi connectivity index (χ1v) is 7.10. The maximum Gasteiger partial charge on any atom is 0.305 e. The number of benzene rings is 1. The van der Waals surface area contributed by atoms with Gasteiger partial charge in [0.15, 0.2) is 5.65 Å². The molecule has 0 unspecified atom stereocenters. The fraction of sp³-hybridized carbons (Fsp3) is 0.312. The highest BCUT2D eigenvalue weighted by molar-refractivity contribution is 5.60. The van der Waals surface area contributed by atoms with Crippen molar-refractivity contribution >= 4 is 5.65 Å². The lowest BCUT2D eigenvalue weighted by Gasteiger charge is -2.17. The molecule has 120 valence electrons. The molecule has 0 aliphatic carbocycles. The molecule has 7 heteroatoms. The second-order valence-corrected chi connectivity index (χ2v) is 6.04. The molecule has 2 aromatic heterocycles. The monoisotopic (exact) mass is 318 g/mol. The van der Waals surface area contributed by atoms with Crippen molar-refractivity contribution < 1.29 is 13.9 Å². The summed E-state index contributed by atoms with van der Waals surface area (Å²) >= 11 is 0. The van der Waals surface area contributed by atoms with E-state index < -0.39 is 17.3 Å². The fourth-order valence-electron chi connectivity index (χ4n) is 2.27. The maximum atomic E-state index is 13.5. The average Bonchev–Trinajstić information content (AvgIpc) is 2.89. The van der Waals surface area contributed by atoms with Crippen molar-refractivity contribution in [2.45, 2.75) is 32.3 Å². The van der Waals surface area contributed by atoms with Crippen LogP contribution in [0.4, 0.5) is 8.78 Å². The van der Waals surface area contributed by atoms with Crippen molar-refractivity contribution in [2.24, 2.45) is 0 Å². The smallest absolute Gasteiger partial charge is 0.305 e. The molecule has 3 aromatic rings. The molecule has 0 amide bonds. The van der Waals surface area contributed by atoms with Gasteiger partial charge in [0.1, 0.15) is 0 Å². The average molecular weight is 318 g/mol. The summed E-state index contributed by atoms with van der Waals surface area (Å²) in [6, 6.07) is 10.4. The first-order valence-electron chi connectivity index (χ1n) is 7.10. The van der Waals surface area contributed by atoms with Crippen molar-refractivity contribution in [1.82, 2.24) is 19.8 Å². The lowest BCUT2D eigenvalue weighted by molar-refractivity contribution is 0.00563. The maximum absolute atomic E-state index is 13.5. The van der Waals surface area contributed by atoms with Crippen LogP contribution in [0.25, 0.3) is 16.9 Å². The van der Waals surface area contributed by atoms with Crippen LogP contribution in [0.15, 0.2) is 36.4 Å². The van der Waals surface area contributed by atoms with E-state index in [-0.39, 0.29) is 5.65 Å². The second kappa shape index (κ2) is 5.06. The first kappa shape index (κ1) is 15.5. The minimum absolute atomic E-state index is 0.262. The van der Waals surface area contributed by atoms with E-state index >= 15 is 0 Å². The van der Waals surface area contributed by atoms with Gasteiger partial charge in [0.2, 0.25) is 5.82 Å². The predicted molar refractivity (Wildman–Crippen MR) is 81.0 cm³/mol. The van der Waals surface area contributed by atoms with Gasteiger partial charge in [-0.25, -0.2) is 0 Å². The van der Waals surface area contributed by atoms with Gasteiger partial charge in [-0.15, -0.1) is 10.2 Å². The molecule has 0 aliphatic rings. The van der Waals surface area contributed by atoms with Gasteiger partial charge in [-0.3, -0.25) is 0 Å². The highest BCUT2D eigenvalue weighted by Gasteiger charge is 2.31. The minimum Gasteiger partial charge on any atom is -0.386 e. The number of alkyl halides is 2. The Morgan fingerprint density at radius 1 is 0.957 bits per heavy atom. The molecular weight excluding hydrogens is 302 g/mol.